The maximum atomic E-state index is 4.33. The second-order valence-corrected chi connectivity index (χ2v) is 4.95. The first kappa shape index (κ1) is 10.4. The van der Waals surface area contributed by atoms with Gasteiger partial charge < -0.3 is 10.6 Å². The van der Waals surface area contributed by atoms with Crippen LogP contribution in [0.1, 0.15) is 32.0 Å². The molecule has 0 bridgehead atoms. The highest BCUT2D eigenvalue weighted by Crippen LogP contribution is 2.21. The Hall–Kier alpha value is -1.16. The molecular weight excluding hydrogens is 188 g/mol. The smallest absolute Gasteiger partial charge is 0.133 e. The van der Waals surface area contributed by atoms with Crippen LogP contribution in [0.3, 0.4) is 0 Å². The van der Waals surface area contributed by atoms with Gasteiger partial charge in [0, 0.05) is 17.6 Å². The zero-order valence-electron chi connectivity index (χ0n) is 9.59. The SMILES string of the molecule is CC(C)(C)Nc1ncnc2c1CCNC2. The molecule has 15 heavy (non-hydrogen) atoms. The molecule has 0 spiro atoms. The fourth-order valence-corrected chi connectivity index (χ4v) is 1.75. The summed E-state index contributed by atoms with van der Waals surface area (Å²) in [5, 5.41) is 6.74. The molecule has 2 heterocycles. The molecule has 0 atom stereocenters. The summed E-state index contributed by atoms with van der Waals surface area (Å²) in [5.74, 6) is 0.994. The Bertz CT molecular complexity index is 354. The molecule has 0 radical (unpaired) electrons. The summed E-state index contributed by atoms with van der Waals surface area (Å²) in [6, 6.07) is 0. The minimum atomic E-state index is 0.0486. The van der Waals surface area contributed by atoms with Crippen LogP contribution in [0.5, 0.6) is 0 Å². The summed E-state index contributed by atoms with van der Waals surface area (Å²) in [6.45, 7) is 8.30. The molecule has 4 heteroatoms. The van der Waals surface area contributed by atoms with Crippen LogP contribution in [-0.2, 0) is 13.0 Å². The highest BCUT2D eigenvalue weighted by atomic mass is 15.1. The topological polar surface area (TPSA) is 49.8 Å². The van der Waals surface area contributed by atoms with Crippen molar-refractivity contribution < 1.29 is 0 Å². The average Bonchev–Trinajstić information content (AvgIpc) is 2.16. The Morgan fingerprint density at radius 2 is 2.13 bits per heavy atom. The van der Waals surface area contributed by atoms with E-state index in [-0.39, 0.29) is 5.54 Å². The van der Waals surface area contributed by atoms with Gasteiger partial charge >= 0.3 is 0 Å². The van der Waals surface area contributed by atoms with Crippen LogP contribution in [0.25, 0.3) is 0 Å². The summed E-state index contributed by atoms with van der Waals surface area (Å²) < 4.78 is 0. The summed E-state index contributed by atoms with van der Waals surface area (Å²) >= 11 is 0. The fourth-order valence-electron chi connectivity index (χ4n) is 1.75. The fraction of sp³-hybridized carbons (Fsp3) is 0.636. The molecule has 0 fully saturated rings. The maximum absolute atomic E-state index is 4.33. The summed E-state index contributed by atoms with van der Waals surface area (Å²) in [7, 11) is 0. The number of hydrogen-bond donors (Lipinski definition) is 2. The van der Waals surface area contributed by atoms with Gasteiger partial charge in [-0.15, -0.1) is 0 Å². The average molecular weight is 206 g/mol. The van der Waals surface area contributed by atoms with E-state index in [9.17, 15) is 0 Å². The van der Waals surface area contributed by atoms with Crippen molar-refractivity contribution in [3.8, 4) is 0 Å². The van der Waals surface area contributed by atoms with Crippen molar-refractivity contribution in [2.24, 2.45) is 0 Å². The van der Waals surface area contributed by atoms with E-state index in [0.717, 1.165) is 31.0 Å². The van der Waals surface area contributed by atoms with Crippen molar-refractivity contribution in [2.75, 3.05) is 11.9 Å². The Kier molecular flexibility index (Phi) is 2.61. The van der Waals surface area contributed by atoms with Crippen LogP contribution >= 0.6 is 0 Å². The van der Waals surface area contributed by atoms with Gasteiger partial charge in [0.25, 0.3) is 0 Å². The molecule has 82 valence electrons. The van der Waals surface area contributed by atoms with Gasteiger partial charge in [-0.2, -0.15) is 0 Å². The quantitative estimate of drug-likeness (QED) is 0.728. The van der Waals surface area contributed by atoms with Gasteiger partial charge in [-0.1, -0.05) is 0 Å². The number of nitrogens with one attached hydrogen (secondary N) is 2. The zero-order valence-corrected chi connectivity index (χ0v) is 9.59. The van der Waals surface area contributed by atoms with Crippen LogP contribution in [0.4, 0.5) is 5.82 Å². The van der Waals surface area contributed by atoms with Gasteiger partial charge in [-0.25, -0.2) is 9.97 Å². The van der Waals surface area contributed by atoms with Crippen LogP contribution in [0.2, 0.25) is 0 Å². The summed E-state index contributed by atoms with van der Waals surface area (Å²) in [5.41, 5.74) is 2.45. The minimum absolute atomic E-state index is 0.0486. The molecule has 0 aliphatic carbocycles. The van der Waals surface area contributed by atoms with Gasteiger partial charge in [0.1, 0.15) is 12.1 Å². The van der Waals surface area contributed by atoms with Crippen molar-refractivity contribution in [2.45, 2.75) is 39.3 Å². The van der Waals surface area contributed by atoms with Gasteiger partial charge in [-0.05, 0) is 33.7 Å². The van der Waals surface area contributed by atoms with Crippen molar-refractivity contribution >= 4 is 5.82 Å². The summed E-state index contributed by atoms with van der Waals surface area (Å²) in [6.07, 6.45) is 2.65. The third-order valence-electron chi connectivity index (χ3n) is 2.37. The summed E-state index contributed by atoms with van der Waals surface area (Å²) in [4.78, 5) is 8.62. The van der Waals surface area contributed by atoms with E-state index in [1.54, 1.807) is 6.33 Å². The van der Waals surface area contributed by atoms with Gasteiger partial charge in [0.05, 0.1) is 5.69 Å². The Labute approximate surface area is 90.5 Å². The lowest BCUT2D eigenvalue weighted by Crippen LogP contribution is -2.31. The number of hydrogen-bond acceptors (Lipinski definition) is 4. The lowest BCUT2D eigenvalue weighted by atomic mass is 10.0. The molecule has 2 N–H and O–H groups in total. The molecule has 0 saturated carbocycles. The lowest BCUT2D eigenvalue weighted by Gasteiger charge is -2.25. The van der Waals surface area contributed by atoms with E-state index in [1.165, 1.54) is 5.56 Å². The second-order valence-electron chi connectivity index (χ2n) is 4.95. The lowest BCUT2D eigenvalue weighted by molar-refractivity contribution is 0.605. The molecule has 1 aromatic heterocycles. The minimum Gasteiger partial charge on any atom is -0.365 e. The number of anilines is 1. The van der Waals surface area contributed by atoms with Crippen LogP contribution in [-0.4, -0.2) is 22.1 Å². The van der Waals surface area contributed by atoms with E-state index < -0.39 is 0 Å². The highest BCUT2D eigenvalue weighted by Gasteiger charge is 2.18. The second kappa shape index (κ2) is 3.77. The molecule has 0 unspecified atom stereocenters. The molecular formula is C11H18N4. The number of rotatable bonds is 1. The molecule has 0 amide bonds. The van der Waals surface area contributed by atoms with E-state index in [2.05, 4.69) is 41.4 Å². The number of aromatic nitrogens is 2. The Morgan fingerprint density at radius 1 is 1.33 bits per heavy atom. The molecule has 1 aromatic rings. The van der Waals surface area contributed by atoms with Crippen LogP contribution in [0, 0.1) is 0 Å². The predicted molar refractivity (Wildman–Crippen MR) is 60.8 cm³/mol. The van der Waals surface area contributed by atoms with E-state index in [0.29, 0.717) is 0 Å². The number of fused-ring (bicyclic) bond motifs is 1. The standard InChI is InChI=1S/C11H18N4/c1-11(2,3)15-10-8-4-5-12-6-9(8)13-7-14-10/h7,12H,4-6H2,1-3H3,(H,13,14,15). The molecule has 1 aliphatic heterocycles. The third-order valence-corrected chi connectivity index (χ3v) is 2.37. The predicted octanol–water partition coefficient (Wildman–Crippen LogP) is 1.33. The first-order chi connectivity index (χ1) is 7.06. The van der Waals surface area contributed by atoms with Gasteiger partial charge in [-0.3, -0.25) is 0 Å². The van der Waals surface area contributed by atoms with Crippen molar-refractivity contribution in [3.63, 3.8) is 0 Å². The van der Waals surface area contributed by atoms with Gasteiger partial charge in [0.15, 0.2) is 0 Å². The zero-order chi connectivity index (χ0) is 10.9. The molecule has 2 rings (SSSR count). The third kappa shape index (κ3) is 2.45. The highest BCUT2D eigenvalue weighted by molar-refractivity contribution is 5.48. The molecule has 0 saturated heterocycles. The van der Waals surface area contributed by atoms with Crippen LogP contribution in [0.15, 0.2) is 6.33 Å². The maximum Gasteiger partial charge on any atom is 0.133 e. The monoisotopic (exact) mass is 206 g/mol. The van der Waals surface area contributed by atoms with E-state index >= 15 is 0 Å². The molecule has 0 aromatic carbocycles. The first-order valence-electron chi connectivity index (χ1n) is 5.38. The first-order valence-corrected chi connectivity index (χ1v) is 5.38. The van der Waals surface area contributed by atoms with E-state index in [4.69, 9.17) is 0 Å². The Morgan fingerprint density at radius 3 is 2.87 bits per heavy atom. The largest absolute Gasteiger partial charge is 0.365 e. The number of nitrogens with zero attached hydrogens (tertiary/aromatic N) is 2. The normalized spacial score (nSPS) is 15.9. The molecule has 4 nitrogen and oxygen atoms in total. The van der Waals surface area contributed by atoms with Crippen molar-refractivity contribution in [3.05, 3.63) is 17.6 Å². The molecule has 1 aliphatic rings. The van der Waals surface area contributed by atoms with Crippen molar-refractivity contribution in [1.82, 2.24) is 15.3 Å². The Balaban J connectivity index is 2.31. The van der Waals surface area contributed by atoms with E-state index in [1.807, 2.05) is 0 Å². The van der Waals surface area contributed by atoms with Gasteiger partial charge in [0.2, 0.25) is 0 Å². The van der Waals surface area contributed by atoms with Crippen LogP contribution < -0.4 is 10.6 Å². The van der Waals surface area contributed by atoms with Crippen molar-refractivity contribution in [1.29, 1.82) is 0 Å².